The van der Waals surface area contributed by atoms with Crippen LogP contribution < -0.4 is 5.56 Å². The minimum absolute atomic E-state index is 0.122. The Morgan fingerprint density at radius 1 is 1.36 bits per heavy atom. The number of aromatic nitrogens is 1. The predicted octanol–water partition coefficient (Wildman–Crippen LogP) is 2.01. The molecule has 0 spiro atoms. The van der Waals surface area contributed by atoms with E-state index >= 15 is 0 Å². The quantitative estimate of drug-likeness (QED) is 0.857. The zero-order valence-corrected chi connectivity index (χ0v) is 12.1. The molecule has 1 aromatic rings. The number of carbonyl (C=O) groups excluding carboxylic acids is 1. The molecular formula is C14H17F3N2O3. The van der Waals surface area contributed by atoms with Crippen LogP contribution in [-0.4, -0.2) is 40.9 Å². The fraction of sp³-hybridized carbons (Fsp3) is 0.571. The number of pyridine rings is 1. The molecule has 1 aliphatic rings. The normalized spacial score (nSPS) is 16.8. The number of amides is 1. The Morgan fingerprint density at radius 2 is 2.00 bits per heavy atom. The van der Waals surface area contributed by atoms with Gasteiger partial charge in [0, 0.05) is 37.5 Å². The number of hydrogen-bond donors (Lipinski definition) is 0. The van der Waals surface area contributed by atoms with Crippen LogP contribution in [0.4, 0.5) is 13.2 Å². The van der Waals surface area contributed by atoms with Crippen molar-refractivity contribution in [1.29, 1.82) is 0 Å². The summed E-state index contributed by atoms with van der Waals surface area (Å²) < 4.78 is 41.8. The molecule has 0 atom stereocenters. The van der Waals surface area contributed by atoms with Crippen LogP contribution in [0.1, 0.15) is 30.1 Å². The van der Waals surface area contributed by atoms with Crippen molar-refractivity contribution in [2.24, 2.45) is 0 Å². The minimum atomic E-state index is -4.65. The van der Waals surface area contributed by atoms with Crippen LogP contribution in [0.2, 0.25) is 0 Å². The van der Waals surface area contributed by atoms with Crippen molar-refractivity contribution in [3.8, 4) is 0 Å². The van der Waals surface area contributed by atoms with E-state index in [1.807, 2.05) is 6.92 Å². The lowest BCUT2D eigenvalue weighted by molar-refractivity contribution is -0.345. The first-order chi connectivity index (χ1) is 10.3. The van der Waals surface area contributed by atoms with E-state index in [0.717, 1.165) is 0 Å². The van der Waals surface area contributed by atoms with Gasteiger partial charge in [0.1, 0.15) is 0 Å². The maximum atomic E-state index is 12.3. The van der Waals surface area contributed by atoms with Gasteiger partial charge in [0.15, 0.2) is 0 Å². The largest absolute Gasteiger partial charge is 0.522 e. The van der Waals surface area contributed by atoms with Crippen LogP contribution in [0.5, 0.6) is 0 Å². The van der Waals surface area contributed by atoms with Gasteiger partial charge in [-0.15, -0.1) is 13.2 Å². The average molecular weight is 318 g/mol. The summed E-state index contributed by atoms with van der Waals surface area (Å²) in [5, 5.41) is 0. The Morgan fingerprint density at radius 3 is 2.50 bits per heavy atom. The van der Waals surface area contributed by atoms with Crippen LogP contribution in [-0.2, 0) is 11.3 Å². The van der Waals surface area contributed by atoms with Gasteiger partial charge >= 0.3 is 6.36 Å². The first kappa shape index (κ1) is 16.5. The fourth-order valence-corrected chi connectivity index (χ4v) is 2.45. The van der Waals surface area contributed by atoms with Gasteiger partial charge in [-0.2, -0.15) is 0 Å². The fourth-order valence-electron chi connectivity index (χ4n) is 2.45. The number of carbonyl (C=O) groups is 1. The van der Waals surface area contributed by atoms with Gasteiger partial charge in [0.2, 0.25) is 0 Å². The Balaban J connectivity index is 1.98. The first-order valence-electron chi connectivity index (χ1n) is 7.04. The van der Waals surface area contributed by atoms with Gasteiger partial charge in [-0.25, -0.2) is 0 Å². The molecule has 122 valence electrons. The van der Waals surface area contributed by atoms with Gasteiger partial charge in [-0.1, -0.05) is 0 Å². The van der Waals surface area contributed by atoms with Crippen molar-refractivity contribution >= 4 is 5.91 Å². The average Bonchev–Trinajstić information content (AvgIpc) is 2.45. The summed E-state index contributed by atoms with van der Waals surface area (Å²) in [4.78, 5) is 25.4. The number of likely N-dealkylation sites (tertiary alicyclic amines) is 1. The van der Waals surface area contributed by atoms with Gasteiger partial charge in [-0.3, -0.25) is 14.3 Å². The van der Waals surface area contributed by atoms with Crippen molar-refractivity contribution in [3.63, 3.8) is 0 Å². The summed E-state index contributed by atoms with van der Waals surface area (Å²) in [6.45, 7) is 2.68. The summed E-state index contributed by atoms with van der Waals surface area (Å²) in [6, 6.07) is 2.80. The van der Waals surface area contributed by atoms with Crippen molar-refractivity contribution < 1.29 is 22.7 Å². The lowest BCUT2D eigenvalue weighted by Gasteiger charge is -2.32. The van der Waals surface area contributed by atoms with Crippen molar-refractivity contribution in [3.05, 3.63) is 34.2 Å². The van der Waals surface area contributed by atoms with Crippen molar-refractivity contribution in [2.75, 3.05) is 13.1 Å². The van der Waals surface area contributed by atoms with Crippen LogP contribution >= 0.6 is 0 Å². The topological polar surface area (TPSA) is 51.5 Å². The third-order valence-corrected chi connectivity index (χ3v) is 3.61. The lowest BCUT2D eigenvalue weighted by Crippen LogP contribution is -2.42. The van der Waals surface area contributed by atoms with E-state index in [1.165, 1.54) is 21.7 Å². The third-order valence-electron chi connectivity index (χ3n) is 3.61. The first-order valence-corrected chi connectivity index (χ1v) is 7.04. The molecule has 1 saturated heterocycles. The number of ether oxygens (including phenoxy) is 1. The summed E-state index contributed by atoms with van der Waals surface area (Å²) in [7, 11) is 0. The van der Waals surface area contributed by atoms with E-state index in [9.17, 15) is 22.8 Å². The molecule has 0 N–H and O–H groups in total. The number of piperidine rings is 1. The molecule has 22 heavy (non-hydrogen) atoms. The molecule has 0 unspecified atom stereocenters. The number of halogens is 3. The van der Waals surface area contributed by atoms with Gasteiger partial charge in [0.25, 0.3) is 11.5 Å². The highest BCUT2D eigenvalue weighted by Crippen LogP contribution is 2.24. The second-order valence-electron chi connectivity index (χ2n) is 5.09. The molecule has 0 bridgehead atoms. The van der Waals surface area contributed by atoms with Crippen LogP contribution in [0.3, 0.4) is 0 Å². The van der Waals surface area contributed by atoms with E-state index in [-0.39, 0.29) is 43.0 Å². The SMILES string of the molecule is CCn1ccc(C(=O)N2CCC(OC(F)(F)F)CC2)cc1=O. The molecule has 1 amide bonds. The summed E-state index contributed by atoms with van der Waals surface area (Å²) in [5.41, 5.74) is -0.0199. The monoisotopic (exact) mass is 318 g/mol. The van der Waals surface area contributed by atoms with Crippen LogP contribution in [0, 0.1) is 0 Å². The molecular weight excluding hydrogens is 301 g/mol. The van der Waals surface area contributed by atoms with Crippen LogP contribution in [0.15, 0.2) is 23.1 Å². The highest BCUT2D eigenvalue weighted by atomic mass is 19.4. The Hall–Kier alpha value is -1.83. The van der Waals surface area contributed by atoms with Crippen molar-refractivity contribution in [1.82, 2.24) is 9.47 Å². The van der Waals surface area contributed by atoms with E-state index in [0.29, 0.717) is 6.54 Å². The lowest BCUT2D eigenvalue weighted by atomic mass is 10.1. The van der Waals surface area contributed by atoms with E-state index in [2.05, 4.69) is 4.74 Å². The van der Waals surface area contributed by atoms with E-state index < -0.39 is 12.5 Å². The molecule has 1 fully saturated rings. The number of hydrogen-bond acceptors (Lipinski definition) is 3. The second kappa shape index (κ2) is 6.51. The summed E-state index contributed by atoms with van der Waals surface area (Å²) in [6.07, 6.45) is -3.79. The second-order valence-corrected chi connectivity index (χ2v) is 5.09. The smallest absolute Gasteiger partial charge is 0.338 e. The molecule has 2 heterocycles. The predicted molar refractivity (Wildman–Crippen MR) is 72.4 cm³/mol. The van der Waals surface area contributed by atoms with E-state index in [4.69, 9.17) is 0 Å². The molecule has 2 rings (SSSR count). The number of nitrogens with zero attached hydrogens (tertiary/aromatic N) is 2. The highest BCUT2D eigenvalue weighted by molar-refractivity contribution is 5.94. The molecule has 0 radical (unpaired) electrons. The Bertz CT molecular complexity index is 590. The number of aryl methyl sites for hydroxylation is 1. The Labute approximate surface area is 125 Å². The maximum absolute atomic E-state index is 12.3. The third kappa shape index (κ3) is 4.09. The molecule has 5 nitrogen and oxygen atoms in total. The minimum Gasteiger partial charge on any atom is -0.338 e. The zero-order chi connectivity index (χ0) is 16.3. The molecule has 1 aliphatic heterocycles. The molecule has 0 aliphatic carbocycles. The standard InChI is InChI=1S/C14H17F3N2O3/c1-2-18-6-3-10(9-12(18)20)13(21)19-7-4-11(5-8-19)22-14(15,16)17/h3,6,9,11H,2,4-5,7-8H2,1H3. The summed E-state index contributed by atoms with van der Waals surface area (Å²) >= 11 is 0. The number of alkyl halides is 3. The Kier molecular flexibility index (Phi) is 4.90. The van der Waals surface area contributed by atoms with E-state index in [1.54, 1.807) is 6.07 Å². The van der Waals surface area contributed by atoms with Crippen LogP contribution in [0.25, 0.3) is 0 Å². The molecule has 8 heteroatoms. The highest BCUT2D eigenvalue weighted by Gasteiger charge is 2.35. The van der Waals surface area contributed by atoms with Gasteiger partial charge < -0.3 is 9.47 Å². The molecule has 0 aromatic carbocycles. The number of rotatable bonds is 3. The maximum Gasteiger partial charge on any atom is 0.522 e. The zero-order valence-electron chi connectivity index (χ0n) is 12.1. The summed E-state index contributed by atoms with van der Waals surface area (Å²) in [5.74, 6) is -0.342. The van der Waals surface area contributed by atoms with Gasteiger partial charge in [-0.05, 0) is 25.8 Å². The van der Waals surface area contributed by atoms with Crippen molar-refractivity contribution in [2.45, 2.75) is 38.8 Å². The molecule has 0 saturated carbocycles. The van der Waals surface area contributed by atoms with Gasteiger partial charge in [0.05, 0.1) is 6.10 Å². The molecule has 1 aromatic heterocycles.